The number of nitriles is 1. The first-order chi connectivity index (χ1) is 11.9. The molecule has 0 bridgehead atoms. The van der Waals surface area contributed by atoms with Crippen LogP contribution in [-0.4, -0.2) is 47.8 Å². The van der Waals surface area contributed by atoms with Crippen LogP contribution >= 0.6 is 23.5 Å². The van der Waals surface area contributed by atoms with Crippen LogP contribution in [0.3, 0.4) is 0 Å². The van der Waals surface area contributed by atoms with Gasteiger partial charge in [-0.3, -0.25) is 0 Å². The molecule has 25 heavy (non-hydrogen) atoms. The van der Waals surface area contributed by atoms with Crippen molar-refractivity contribution in [1.29, 1.82) is 5.26 Å². The second-order valence-electron chi connectivity index (χ2n) is 6.67. The first kappa shape index (κ1) is 18.4. The van der Waals surface area contributed by atoms with Gasteiger partial charge in [-0.15, -0.1) is 0 Å². The highest BCUT2D eigenvalue weighted by Gasteiger charge is 2.33. The lowest BCUT2D eigenvalue weighted by Crippen LogP contribution is -2.38. The highest BCUT2D eigenvalue weighted by Crippen LogP contribution is 2.44. The summed E-state index contributed by atoms with van der Waals surface area (Å²) < 4.78 is 5.47. The third-order valence-corrected chi connectivity index (χ3v) is 6.62. The van der Waals surface area contributed by atoms with Crippen molar-refractivity contribution in [3.63, 3.8) is 0 Å². The van der Waals surface area contributed by atoms with Crippen molar-refractivity contribution in [1.82, 2.24) is 4.98 Å². The SMILES string of the molecule is CC1(C)Cc2c(C#N)c(SCC(=O)[O-])nc(N3CCOCC3)c2CS1. The molecule has 0 radical (unpaired) electrons. The van der Waals surface area contributed by atoms with E-state index >= 15 is 0 Å². The van der Waals surface area contributed by atoms with Crippen LogP contribution in [0.25, 0.3) is 0 Å². The molecule has 134 valence electrons. The lowest BCUT2D eigenvalue weighted by atomic mass is 9.94. The number of nitrogens with zero attached hydrogens (tertiary/aromatic N) is 3. The van der Waals surface area contributed by atoms with Gasteiger partial charge in [-0.2, -0.15) is 17.0 Å². The van der Waals surface area contributed by atoms with E-state index in [2.05, 4.69) is 24.8 Å². The number of thioether (sulfide) groups is 2. The van der Waals surface area contributed by atoms with Gasteiger partial charge < -0.3 is 19.5 Å². The molecule has 2 aliphatic rings. The number of rotatable bonds is 4. The predicted octanol–water partition coefficient (Wildman–Crippen LogP) is 1.20. The maximum absolute atomic E-state index is 10.9. The van der Waals surface area contributed by atoms with Crippen molar-refractivity contribution in [3.05, 3.63) is 16.7 Å². The summed E-state index contributed by atoms with van der Waals surface area (Å²) in [4.78, 5) is 17.8. The Morgan fingerprint density at radius 1 is 1.44 bits per heavy atom. The Hall–Kier alpha value is -1.43. The number of hydrogen-bond donors (Lipinski definition) is 0. The molecular formula is C17H20N3O3S2-. The Balaban J connectivity index is 2.09. The number of fused-ring (bicyclic) bond motifs is 1. The van der Waals surface area contributed by atoms with E-state index in [1.165, 1.54) is 0 Å². The zero-order valence-corrected chi connectivity index (χ0v) is 16.0. The fourth-order valence-corrected chi connectivity index (χ4v) is 4.91. The average Bonchev–Trinajstić information content (AvgIpc) is 2.58. The summed E-state index contributed by atoms with van der Waals surface area (Å²) in [5, 5.41) is 21.1. The molecule has 6 nitrogen and oxygen atoms in total. The van der Waals surface area contributed by atoms with E-state index < -0.39 is 5.97 Å². The minimum Gasteiger partial charge on any atom is -0.549 e. The molecule has 0 N–H and O–H groups in total. The molecule has 0 aliphatic carbocycles. The van der Waals surface area contributed by atoms with E-state index in [4.69, 9.17) is 9.72 Å². The number of carboxylic acid groups (broad SMARTS) is 1. The highest BCUT2D eigenvalue weighted by molar-refractivity contribution is 8.00. The molecule has 3 rings (SSSR count). The first-order valence-electron chi connectivity index (χ1n) is 8.16. The smallest absolute Gasteiger partial charge is 0.134 e. The molecule has 3 heterocycles. The number of aliphatic carboxylic acids is 1. The van der Waals surface area contributed by atoms with Crippen molar-refractivity contribution in [2.45, 2.75) is 35.8 Å². The quantitative estimate of drug-likeness (QED) is 0.722. The van der Waals surface area contributed by atoms with Crippen LogP contribution in [-0.2, 0) is 21.7 Å². The molecule has 0 spiro atoms. The summed E-state index contributed by atoms with van der Waals surface area (Å²) in [6.45, 7) is 7.15. The van der Waals surface area contributed by atoms with E-state index in [-0.39, 0.29) is 10.5 Å². The Kier molecular flexibility index (Phi) is 5.46. The van der Waals surface area contributed by atoms with E-state index in [1.54, 1.807) is 0 Å². The van der Waals surface area contributed by atoms with Crippen molar-refractivity contribution in [3.8, 4) is 6.07 Å². The molecular weight excluding hydrogens is 358 g/mol. The second-order valence-corrected chi connectivity index (χ2v) is 9.32. The third-order valence-electron chi connectivity index (χ3n) is 4.32. The maximum atomic E-state index is 10.9. The van der Waals surface area contributed by atoms with Crippen molar-refractivity contribution >= 4 is 35.3 Å². The van der Waals surface area contributed by atoms with Crippen LogP contribution in [0, 0.1) is 11.3 Å². The fraction of sp³-hybridized carbons (Fsp3) is 0.588. The van der Waals surface area contributed by atoms with Gasteiger partial charge in [0.2, 0.25) is 0 Å². The molecule has 1 aromatic heterocycles. The molecule has 0 saturated carbocycles. The van der Waals surface area contributed by atoms with Crippen LogP contribution in [0.4, 0.5) is 5.82 Å². The summed E-state index contributed by atoms with van der Waals surface area (Å²) in [5.74, 6) is 0.321. The minimum atomic E-state index is -1.16. The van der Waals surface area contributed by atoms with Gasteiger partial charge in [-0.05, 0) is 12.0 Å². The Morgan fingerprint density at radius 3 is 2.80 bits per heavy atom. The Morgan fingerprint density at radius 2 is 2.16 bits per heavy atom. The monoisotopic (exact) mass is 378 g/mol. The number of aromatic nitrogens is 1. The second kappa shape index (κ2) is 7.44. The van der Waals surface area contributed by atoms with Crippen molar-refractivity contribution in [2.24, 2.45) is 0 Å². The first-order valence-corrected chi connectivity index (χ1v) is 10.1. The summed E-state index contributed by atoms with van der Waals surface area (Å²) in [6, 6.07) is 2.27. The van der Waals surface area contributed by atoms with Gasteiger partial charge in [0.25, 0.3) is 0 Å². The van der Waals surface area contributed by atoms with Gasteiger partial charge in [-0.25, -0.2) is 4.98 Å². The topological polar surface area (TPSA) is 89.3 Å². The zero-order valence-electron chi connectivity index (χ0n) is 14.3. The maximum Gasteiger partial charge on any atom is 0.134 e. The van der Waals surface area contributed by atoms with Crippen LogP contribution in [0.1, 0.15) is 30.5 Å². The zero-order chi connectivity index (χ0) is 18.0. The fourth-order valence-electron chi connectivity index (χ4n) is 3.11. The van der Waals surface area contributed by atoms with Gasteiger partial charge in [-0.1, -0.05) is 25.6 Å². The highest BCUT2D eigenvalue weighted by atomic mass is 32.2. The summed E-state index contributed by atoms with van der Waals surface area (Å²) in [7, 11) is 0. The summed E-state index contributed by atoms with van der Waals surface area (Å²) in [6.07, 6.45) is 0.772. The normalized spacial score (nSPS) is 19.2. The molecule has 1 saturated heterocycles. The van der Waals surface area contributed by atoms with E-state index in [1.807, 2.05) is 11.8 Å². The summed E-state index contributed by atoms with van der Waals surface area (Å²) in [5.41, 5.74) is 2.65. The van der Waals surface area contributed by atoms with Gasteiger partial charge >= 0.3 is 0 Å². The molecule has 0 atom stereocenters. The Labute approximate surface area is 155 Å². The molecule has 1 aromatic rings. The number of carbonyl (C=O) groups excluding carboxylic acids is 1. The predicted molar refractivity (Wildman–Crippen MR) is 96.8 cm³/mol. The number of ether oxygens (including phenoxy) is 1. The number of hydrogen-bond acceptors (Lipinski definition) is 8. The molecule has 0 aromatic carbocycles. The van der Waals surface area contributed by atoms with E-state index in [0.717, 1.165) is 54.0 Å². The number of pyridine rings is 1. The van der Waals surface area contributed by atoms with Crippen LogP contribution in [0.5, 0.6) is 0 Å². The van der Waals surface area contributed by atoms with Crippen LogP contribution in [0.2, 0.25) is 0 Å². The van der Waals surface area contributed by atoms with Gasteiger partial charge in [0.05, 0.1) is 24.7 Å². The lowest BCUT2D eigenvalue weighted by Gasteiger charge is -2.36. The molecule has 0 unspecified atom stereocenters. The number of morpholine rings is 1. The number of carboxylic acids is 1. The Bertz CT molecular complexity index is 725. The van der Waals surface area contributed by atoms with Crippen LogP contribution < -0.4 is 10.0 Å². The van der Waals surface area contributed by atoms with Gasteiger partial charge in [0, 0.05) is 34.9 Å². The molecule has 2 aliphatic heterocycles. The third kappa shape index (κ3) is 4.05. The lowest BCUT2D eigenvalue weighted by molar-refractivity contribution is -0.301. The summed E-state index contributed by atoms with van der Waals surface area (Å²) >= 11 is 2.94. The molecule has 0 amide bonds. The number of carbonyl (C=O) groups is 1. The number of anilines is 1. The van der Waals surface area contributed by atoms with Gasteiger partial charge in [0.1, 0.15) is 16.9 Å². The van der Waals surface area contributed by atoms with E-state index in [9.17, 15) is 15.2 Å². The minimum absolute atomic E-state index is 0.0402. The molecule has 8 heteroatoms. The standard InChI is InChI=1S/C17H21N3O3S2/c1-17(2)7-11-12(8-18)16(24-10-14(21)22)19-15(13(11)9-25-17)20-3-5-23-6-4-20/h3-7,9-10H2,1-2H3,(H,21,22)/p-1. The van der Waals surface area contributed by atoms with Gasteiger partial charge in [0.15, 0.2) is 0 Å². The average molecular weight is 378 g/mol. The van der Waals surface area contributed by atoms with E-state index in [0.29, 0.717) is 23.8 Å². The largest absolute Gasteiger partial charge is 0.549 e. The molecule has 1 fully saturated rings. The van der Waals surface area contributed by atoms with Crippen LogP contribution in [0.15, 0.2) is 5.03 Å². The van der Waals surface area contributed by atoms with Crippen molar-refractivity contribution in [2.75, 3.05) is 37.0 Å². The van der Waals surface area contributed by atoms with Crippen molar-refractivity contribution < 1.29 is 14.6 Å².